The Morgan fingerprint density at radius 3 is 2.39 bits per heavy atom. The predicted octanol–water partition coefficient (Wildman–Crippen LogP) is 4.26. The van der Waals surface area contributed by atoms with E-state index in [1.807, 2.05) is 38.1 Å². The highest BCUT2D eigenvalue weighted by molar-refractivity contribution is 6.02. The summed E-state index contributed by atoms with van der Waals surface area (Å²) in [5.41, 5.74) is 0.621. The first kappa shape index (κ1) is 19.9. The van der Waals surface area contributed by atoms with Crippen LogP contribution in [0.4, 0.5) is 13.2 Å². The van der Waals surface area contributed by atoms with Crippen LogP contribution in [0.15, 0.2) is 48.5 Å². The first-order valence-electron chi connectivity index (χ1n) is 8.98. The lowest BCUT2D eigenvalue weighted by molar-refractivity contribution is -0.137. The van der Waals surface area contributed by atoms with Crippen molar-refractivity contribution >= 4 is 11.9 Å². The number of amides is 1. The number of hydrogen-bond donors (Lipinski definition) is 2. The van der Waals surface area contributed by atoms with Crippen molar-refractivity contribution in [3.63, 3.8) is 0 Å². The number of halogens is 3. The SMILES string of the molecule is CCc1cccc([C@@]2(C)NC(=N)N(C)C(=O)[C@@H]2c2ccc(C(F)(F)F)cc2)c1. The van der Waals surface area contributed by atoms with E-state index < -0.39 is 23.2 Å². The molecule has 148 valence electrons. The predicted molar refractivity (Wildman–Crippen MR) is 101 cm³/mol. The van der Waals surface area contributed by atoms with Gasteiger partial charge in [0.25, 0.3) is 0 Å². The molecule has 1 heterocycles. The summed E-state index contributed by atoms with van der Waals surface area (Å²) in [7, 11) is 1.48. The summed E-state index contributed by atoms with van der Waals surface area (Å²) in [6.45, 7) is 3.83. The molecule has 1 aliphatic heterocycles. The van der Waals surface area contributed by atoms with Gasteiger partial charge in [-0.05, 0) is 42.2 Å². The summed E-state index contributed by atoms with van der Waals surface area (Å²) in [6.07, 6.45) is -3.63. The molecule has 3 rings (SSSR count). The highest BCUT2D eigenvalue weighted by Gasteiger charge is 2.48. The lowest BCUT2D eigenvalue weighted by atomic mass is 9.73. The summed E-state index contributed by atoms with van der Waals surface area (Å²) < 4.78 is 38.8. The molecule has 1 aliphatic rings. The number of benzene rings is 2. The van der Waals surface area contributed by atoms with Crippen molar-refractivity contribution in [1.82, 2.24) is 10.2 Å². The zero-order valence-corrected chi connectivity index (χ0v) is 15.9. The number of hydrogen-bond acceptors (Lipinski definition) is 2. The van der Waals surface area contributed by atoms with Crippen LogP contribution in [0.2, 0.25) is 0 Å². The molecule has 0 bridgehead atoms. The third kappa shape index (κ3) is 3.37. The summed E-state index contributed by atoms with van der Waals surface area (Å²) in [4.78, 5) is 14.3. The van der Waals surface area contributed by atoms with Crippen molar-refractivity contribution in [2.75, 3.05) is 7.05 Å². The van der Waals surface area contributed by atoms with Gasteiger partial charge in [0.2, 0.25) is 5.91 Å². The van der Waals surface area contributed by atoms with Gasteiger partial charge < -0.3 is 5.32 Å². The minimum Gasteiger partial charge on any atom is -0.346 e. The van der Waals surface area contributed by atoms with E-state index in [2.05, 4.69) is 5.32 Å². The molecule has 0 radical (unpaired) electrons. The highest BCUT2D eigenvalue weighted by Crippen LogP contribution is 2.41. The Bertz CT molecular complexity index is 908. The summed E-state index contributed by atoms with van der Waals surface area (Å²) >= 11 is 0. The lowest BCUT2D eigenvalue weighted by Crippen LogP contribution is -2.62. The molecule has 2 aromatic rings. The first-order valence-corrected chi connectivity index (χ1v) is 8.98. The second-order valence-corrected chi connectivity index (χ2v) is 7.18. The minimum atomic E-state index is -4.44. The zero-order chi connectivity index (χ0) is 20.7. The maximum absolute atomic E-state index is 13.1. The van der Waals surface area contributed by atoms with Gasteiger partial charge >= 0.3 is 6.18 Å². The molecule has 0 aliphatic carbocycles. The number of aryl methyl sites for hydroxylation is 1. The van der Waals surface area contributed by atoms with E-state index in [1.54, 1.807) is 0 Å². The van der Waals surface area contributed by atoms with Gasteiger partial charge in [0.05, 0.1) is 17.0 Å². The van der Waals surface area contributed by atoms with E-state index in [0.29, 0.717) is 5.56 Å². The van der Waals surface area contributed by atoms with Gasteiger partial charge in [0.15, 0.2) is 5.96 Å². The topological polar surface area (TPSA) is 56.2 Å². The number of carbonyl (C=O) groups excluding carboxylic acids is 1. The standard InChI is InChI=1S/C21H22F3N3O/c1-4-13-6-5-7-16(12-13)20(2)17(18(28)27(3)19(25)26-20)14-8-10-15(11-9-14)21(22,23)24/h5-12,17H,4H2,1-3H3,(H2,25,26)/t17-,20+/m0/s1. The molecule has 2 atom stereocenters. The molecule has 0 unspecified atom stereocenters. The molecule has 2 N–H and O–H groups in total. The summed E-state index contributed by atoms with van der Waals surface area (Å²) in [6, 6.07) is 12.4. The largest absolute Gasteiger partial charge is 0.416 e. The summed E-state index contributed by atoms with van der Waals surface area (Å²) in [5, 5.41) is 11.2. The molecule has 1 amide bonds. The molecule has 7 heteroatoms. The van der Waals surface area contributed by atoms with Crippen LogP contribution >= 0.6 is 0 Å². The van der Waals surface area contributed by atoms with Gasteiger partial charge in [-0.2, -0.15) is 13.2 Å². The van der Waals surface area contributed by atoms with E-state index in [4.69, 9.17) is 5.41 Å². The maximum atomic E-state index is 13.1. The number of nitrogens with one attached hydrogen (secondary N) is 2. The van der Waals surface area contributed by atoms with E-state index in [0.717, 1.165) is 29.7 Å². The molecule has 0 spiro atoms. The smallest absolute Gasteiger partial charge is 0.346 e. The van der Waals surface area contributed by atoms with Crippen molar-refractivity contribution in [3.8, 4) is 0 Å². The van der Waals surface area contributed by atoms with Crippen LogP contribution in [0.3, 0.4) is 0 Å². The molecule has 1 saturated heterocycles. The molecule has 28 heavy (non-hydrogen) atoms. The van der Waals surface area contributed by atoms with E-state index >= 15 is 0 Å². The Morgan fingerprint density at radius 1 is 1.18 bits per heavy atom. The number of likely N-dealkylation sites (N-methyl/N-ethyl adjacent to an activating group) is 1. The number of guanidine groups is 1. The Kier molecular flexibility index (Phi) is 4.95. The second kappa shape index (κ2) is 6.96. The Labute approximate surface area is 161 Å². The minimum absolute atomic E-state index is 0.0439. The van der Waals surface area contributed by atoms with Gasteiger partial charge in [-0.15, -0.1) is 0 Å². The van der Waals surface area contributed by atoms with Gasteiger partial charge in [-0.1, -0.05) is 43.3 Å². The molecular weight excluding hydrogens is 367 g/mol. The van der Waals surface area contributed by atoms with Crippen LogP contribution in [0, 0.1) is 5.41 Å². The third-order valence-electron chi connectivity index (χ3n) is 5.37. The lowest BCUT2D eigenvalue weighted by Gasteiger charge is -2.46. The van der Waals surface area contributed by atoms with Crippen LogP contribution in [-0.2, 0) is 22.9 Å². The third-order valence-corrected chi connectivity index (χ3v) is 5.37. The van der Waals surface area contributed by atoms with Gasteiger partial charge in [0, 0.05) is 7.05 Å². The average Bonchev–Trinajstić information content (AvgIpc) is 2.66. The Hall–Kier alpha value is -2.83. The van der Waals surface area contributed by atoms with E-state index in [9.17, 15) is 18.0 Å². The van der Waals surface area contributed by atoms with E-state index in [1.165, 1.54) is 24.1 Å². The van der Waals surface area contributed by atoms with Crippen molar-refractivity contribution in [2.45, 2.75) is 37.9 Å². The second-order valence-electron chi connectivity index (χ2n) is 7.18. The van der Waals surface area contributed by atoms with Crippen LogP contribution in [0.25, 0.3) is 0 Å². The number of rotatable bonds is 3. The normalized spacial score (nSPS) is 22.9. The fourth-order valence-electron chi connectivity index (χ4n) is 3.65. The molecule has 0 saturated carbocycles. The highest BCUT2D eigenvalue weighted by atomic mass is 19.4. The van der Waals surface area contributed by atoms with Crippen molar-refractivity contribution in [2.24, 2.45) is 0 Å². The van der Waals surface area contributed by atoms with Crippen molar-refractivity contribution in [3.05, 3.63) is 70.8 Å². The van der Waals surface area contributed by atoms with Crippen LogP contribution < -0.4 is 5.32 Å². The van der Waals surface area contributed by atoms with Crippen LogP contribution in [-0.4, -0.2) is 23.8 Å². The fourth-order valence-corrected chi connectivity index (χ4v) is 3.65. The van der Waals surface area contributed by atoms with Crippen molar-refractivity contribution in [1.29, 1.82) is 5.41 Å². The van der Waals surface area contributed by atoms with Crippen LogP contribution in [0.5, 0.6) is 0 Å². The Balaban J connectivity index is 2.13. The molecule has 4 nitrogen and oxygen atoms in total. The summed E-state index contributed by atoms with van der Waals surface area (Å²) in [5.74, 6) is -1.16. The quantitative estimate of drug-likeness (QED) is 0.824. The van der Waals surface area contributed by atoms with Gasteiger partial charge in [0.1, 0.15) is 0 Å². The zero-order valence-electron chi connectivity index (χ0n) is 15.9. The number of carbonyl (C=O) groups is 1. The van der Waals surface area contributed by atoms with Gasteiger partial charge in [-0.3, -0.25) is 15.1 Å². The fraction of sp³-hybridized carbons (Fsp3) is 0.333. The first-order chi connectivity index (χ1) is 13.1. The average molecular weight is 389 g/mol. The van der Waals surface area contributed by atoms with Crippen LogP contribution in [0.1, 0.15) is 42.0 Å². The number of nitrogens with zero attached hydrogens (tertiary/aromatic N) is 1. The monoisotopic (exact) mass is 389 g/mol. The molecule has 2 aromatic carbocycles. The maximum Gasteiger partial charge on any atom is 0.416 e. The molecule has 0 aromatic heterocycles. The molecular formula is C21H22F3N3O. The Morgan fingerprint density at radius 2 is 1.82 bits per heavy atom. The van der Waals surface area contributed by atoms with Gasteiger partial charge in [-0.25, -0.2) is 0 Å². The molecule has 1 fully saturated rings. The van der Waals surface area contributed by atoms with E-state index in [-0.39, 0.29) is 11.9 Å². The number of alkyl halides is 3. The van der Waals surface area contributed by atoms with Crippen molar-refractivity contribution < 1.29 is 18.0 Å².